The second kappa shape index (κ2) is 8.45. The first-order valence-electron chi connectivity index (χ1n) is 10.5. The zero-order valence-electron chi connectivity index (χ0n) is 16.7. The smallest absolute Gasteiger partial charge is 0.404 e. The van der Waals surface area contributed by atoms with Crippen molar-refractivity contribution >= 4 is 17.5 Å². The number of rotatable bonds is 7. The number of likely N-dealkylation sites (tertiary alicyclic amines) is 1. The Labute approximate surface area is 173 Å². The molecule has 1 unspecified atom stereocenters. The third-order valence-corrected chi connectivity index (χ3v) is 6.13. The number of carbonyl (C=O) groups excluding carboxylic acids is 2. The summed E-state index contributed by atoms with van der Waals surface area (Å²) in [7, 11) is 0. The number of para-hydroxylation sites is 2. The number of hydrogen-bond acceptors (Lipinski definition) is 5. The molecule has 0 radical (unpaired) electrons. The predicted molar refractivity (Wildman–Crippen MR) is 104 cm³/mol. The van der Waals surface area contributed by atoms with Crippen molar-refractivity contribution in [3.05, 3.63) is 24.3 Å². The monoisotopic (exact) mass is 425 g/mol. The van der Waals surface area contributed by atoms with Crippen LogP contribution >= 0.6 is 0 Å². The van der Waals surface area contributed by atoms with Gasteiger partial charge in [0.05, 0.1) is 11.6 Å². The minimum Gasteiger partial charge on any atom is -0.404 e. The fourth-order valence-electron chi connectivity index (χ4n) is 4.40. The number of anilines is 1. The zero-order valence-corrected chi connectivity index (χ0v) is 16.7. The van der Waals surface area contributed by atoms with Gasteiger partial charge in [0, 0.05) is 39.1 Å². The molecule has 0 spiro atoms. The Morgan fingerprint density at radius 1 is 1.00 bits per heavy atom. The van der Waals surface area contributed by atoms with E-state index in [-0.39, 0.29) is 23.5 Å². The Balaban J connectivity index is 1.24. The van der Waals surface area contributed by atoms with Gasteiger partial charge in [-0.1, -0.05) is 12.1 Å². The number of piperazine rings is 1. The van der Waals surface area contributed by atoms with Crippen LogP contribution in [0.4, 0.5) is 18.9 Å². The second-order valence-electron chi connectivity index (χ2n) is 8.23. The molecule has 1 aliphatic carbocycles. The molecule has 0 aromatic heterocycles. The van der Waals surface area contributed by atoms with Gasteiger partial charge in [-0.05, 0) is 43.9 Å². The highest BCUT2D eigenvalue weighted by Gasteiger charge is 2.46. The summed E-state index contributed by atoms with van der Waals surface area (Å²) in [5.74, 6) is 0.0649. The van der Waals surface area contributed by atoms with E-state index in [1.807, 2.05) is 4.90 Å². The number of hydrogen-bond donors (Lipinski definition) is 0. The molecule has 2 aliphatic heterocycles. The lowest BCUT2D eigenvalue weighted by atomic mass is 10.0. The number of nitrogens with zero attached hydrogens (tertiary/aromatic N) is 3. The molecule has 0 bridgehead atoms. The highest BCUT2D eigenvalue weighted by Crippen LogP contribution is 2.42. The molecule has 6 nitrogen and oxygen atoms in total. The zero-order chi connectivity index (χ0) is 21.3. The lowest BCUT2D eigenvalue weighted by molar-refractivity contribution is -0.274. The average molecular weight is 425 g/mol. The van der Waals surface area contributed by atoms with Gasteiger partial charge >= 0.3 is 6.36 Å². The fraction of sp³-hybridized carbons (Fsp3) is 0.619. The molecule has 4 rings (SSSR count). The minimum atomic E-state index is -4.72. The average Bonchev–Trinajstić information content (AvgIpc) is 3.50. The third kappa shape index (κ3) is 4.88. The molecule has 0 N–H and O–H groups in total. The maximum atomic E-state index is 12.6. The van der Waals surface area contributed by atoms with Crippen molar-refractivity contribution in [1.29, 1.82) is 0 Å². The number of carbonyl (C=O) groups is 2. The van der Waals surface area contributed by atoms with Crippen molar-refractivity contribution in [1.82, 2.24) is 9.80 Å². The molecule has 3 fully saturated rings. The van der Waals surface area contributed by atoms with E-state index in [4.69, 9.17) is 0 Å². The Hall–Kier alpha value is -2.29. The number of halogens is 3. The lowest BCUT2D eigenvalue weighted by Crippen LogP contribution is -2.47. The summed E-state index contributed by atoms with van der Waals surface area (Å²) in [6, 6.07) is 6.19. The number of amides is 2. The molecular weight excluding hydrogens is 399 g/mol. The Morgan fingerprint density at radius 2 is 1.70 bits per heavy atom. The minimum absolute atomic E-state index is 0.00593. The van der Waals surface area contributed by atoms with E-state index in [1.165, 1.54) is 17.0 Å². The van der Waals surface area contributed by atoms with Gasteiger partial charge in [0.1, 0.15) is 0 Å². The number of benzene rings is 1. The molecule has 164 valence electrons. The largest absolute Gasteiger partial charge is 0.573 e. The molecule has 2 heterocycles. The normalized spacial score (nSPS) is 23.4. The first kappa shape index (κ1) is 21.0. The summed E-state index contributed by atoms with van der Waals surface area (Å²) in [4.78, 5) is 30.1. The maximum absolute atomic E-state index is 12.6. The molecule has 1 atom stereocenters. The van der Waals surface area contributed by atoms with E-state index >= 15 is 0 Å². The molecule has 30 heavy (non-hydrogen) atoms. The molecule has 1 aromatic rings. The van der Waals surface area contributed by atoms with Crippen LogP contribution in [0.5, 0.6) is 5.75 Å². The van der Waals surface area contributed by atoms with Crippen LogP contribution < -0.4 is 9.64 Å². The SMILES string of the molecule is O=C1CC(C2CC2)C(=O)N1CCCN1CCN(c2ccccc2OC(F)(F)F)CC1. The van der Waals surface area contributed by atoms with Gasteiger partial charge in [0.25, 0.3) is 0 Å². The van der Waals surface area contributed by atoms with Gasteiger partial charge in [-0.25, -0.2) is 0 Å². The van der Waals surface area contributed by atoms with Crippen molar-refractivity contribution in [2.75, 3.05) is 44.2 Å². The van der Waals surface area contributed by atoms with E-state index in [0.717, 1.165) is 19.4 Å². The second-order valence-corrected chi connectivity index (χ2v) is 8.23. The van der Waals surface area contributed by atoms with Crippen LogP contribution in [-0.2, 0) is 9.59 Å². The van der Waals surface area contributed by atoms with Crippen LogP contribution in [0, 0.1) is 11.8 Å². The van der Waals surface area contributed by atoms with Gasteiger partial charge in [0.2, 0.25) is 11.8 Å². The molecule has 2 saturated heterocycles. The summed E-state index contributed by atoms with van der Waals surface area (Å²) in [5, 5.41) is 0. The van der Waals surface area contributed by atoms with Crippen molar-refractivity contribution < 1.29 is 27.5 Å². The highest BCUT2D eigenvalue weighted by atomic mass is 19.4. The summed E-state index contributed by atoms with van der Waals surface area (Å²) >= 11 is 0. The molecule has 3 aliphatic rings. The van der Waals surface area contributed by atoms with E-state index in [0.29, 0.717) is 57.2 Å². The van der Waals surface area contributed by atoms with Gasteiger partial charge in [-0.3, -0.25) is 19.4 Å². The van der Waals surface area contributed by atoms with Crippen LogP contribution in [0.3, 0.4) is 0 Å². The molecule has 9 heteroatoms. The van der Waals surface area contributed by atoms with E-state index in [2.05, 4.69) is 9.64 Å². The molecule has 2 amide bonds. The van der Waals surface area contributed by atoms with Crippen LogP contribution in [0.25, 0.3) is 0 Å². The van der Waals surface area contributed by atoms with Crippen molar-refractivity contribution in [2.24, 2.45) is 11.8 Å². The number of imide groups is 1. The van der Waals surface area contributed by atoms with Gasteiger partial charge in [-0.15, -0.1) is 13.2 Å². The molecular formula is C21H26F3N3O3. The summed E-state index contributed by atoms with van der Waals surface area (Å²) in [5.41, 5.74) is 0.439. The van der Waals surface area contributed by atoms with Gasteiger partial charge in [-0.2, -0.15) is 0 Å². The van der Waals surface area contributed by atoms with Crippen LogP contribution in [0.2, 0.25) is 0 Å². The van der Waals surface area contributed by atoms with Crippen molar-refractivity contribution in [2.45, 2.75) is 32.0 Å². The number of alkyl halides is 3. The standard InChI is InChI=1S/C21H26F3N3O3/c22-21(23,24)30-18-5-2-1-4-17(18)26-12-10-25(11-13-26)8-3-9-27-19(28)14-16(20(27)29)15-6-7-15/h1-2,4-5,15-16H,3,6-14H2. The van der Waals surface area contributed by atoms with Crippen LogP contribution in [0.1, 0.15) is 25.7 Å². The fourth-order valence-corrected chi connectivity index (χ4v) is 4.40. The summed E-state index contributed by atoms with van der Waals surface area (Å²) in [6.07, 6.45) is -1.54. The first-order valence-corrected chi connectivity index (χ1v) is 10.5. The maximum Gasteiger partial charge on any atom is 0.573 e. The quantitative estimate of drug-likeness (QED) is 0.629. The number of ether oxygens (including phenoxy) is 1. The van der Waals surface area contributed by atoms with Gasteiger partial charge in [0.15, 0.2) is 5.75 Å². The van der Waals surface area contributed by atoms with Crippen LogP contribution in [-0.4, -0.2) is 67.2 Å². The first-order chi connectivity index (χ1) is 14.3. The Morgan fingerprint density at radius 3 is 2.37 bits per heavy atom. The summed E-state index contributed by atoms with van der Waals surface area (Å²) in [6.45, 7) is 3.77. The predicted octanol–water partition coefficient (Wildman–Crippen LogP) is 2.88. The van der Waals surface area contributed by atoms with E-state index < -0.39 is 6.36 Å². The highest BCUT2D eigenvalue weighted by molar-refractivity contribution is 6.03. The third-order valence-electron chi connectivity index (χ3n) is 6.13. The van der Waals surface area contributed by atoms with E-state index in [1.54, 1.807) is 12.1 Å². The van der Waals surface area contributed by atoms with Gasteiger partial charge < -0.3 is 9.64 Å². The molecule has 1 saturated carbocycles. The van der Waals surface area contributed by atoms with E-state index in [9.17, 15) is 22.8 Å². The Bertz CT molecular complexity index is 789. The summed E-state index contributed by atoms with van der Waals surface area (Å²) < 4.78 is 42.1. The topological polar surface area (TPSA) is 53.1 Å². The molecule has 1 aromatic carbocycles. The van der Waals surface area contributed by atoms with Crippen molar-refractivity contribution in [3.63, 3.8) is 0 Å². The Kier molecular flexibility index (Phi) is 5.90. The van der Waals surface area contributed by atoms with Crippen molar-refractivity contribution in [3.8, 4) is 5.75 Å². The lowest BCUT2D eigenvalue weighted by Gasteiger charge is -2.36. The van der Waals surface area contributed by atoms with Crippen LogP contribution in [0.15, 0.2) is 24.3 Å².